The minimum Gasteiger partial charge on any atom is -0.507 e. The first-order valence-electron chi connectivity index (χ1n) is 11.4. The zero-order valence-electron chi connectivity index (χ0n) is 18.1. The summed E-state index contributed by atoms with van der Waals surface area (Å²) in [6.07, 6.45) is 2.31. The van der Waals surface area contributed by atoms with Crippen LogP contribution in [0.25, 0.3) is 21.3 Å². The Morgan fingerprint density at radius 3 is 2.39 bits per heavy atom. The number of piperazine rings is 1. The van der Waals surface area contributed by atoms with Gasteiger partial charge in [-0.2, -0.15) is 0 Å². The maximum absolute atomic E-state index is 12.9. The fourth-order valence-electron chi connectivity index (χ4n) is 4.47. The number of para-hydroxylation sites is 1. The molecule has 1 saturated heterocycles. The molecule has 3 heterocycles. The van der Waals surface area contributed by atoms with Crippen molar-refractivity contribution in [1.82, 2.24) is 14.9 Å². The van der Waals surface area contributed by atoms with E-state index in [0.29, 0.717) is 37.7 Å². The molecule has 4 aromatic rings. The predicted molar refractivity (Wildman–Crippen MR) is 131 cm³/mol. The van der Waals surface area contributed by atoms with Gasteiger partial charge in [0.25, 0.3) is 5.91 Å². The van der Waals surface area contributed by atoms with E-state index in [0.717, 1.165) is 34.7 Å². The van der Waals surface area contributed by atoms with Crippen molar-refractivity contribution in [3.63, 3.8) is 0 Å². The molecule has 0 atom stereocenters. The van der Waals surface area contributed by atoms with Gasteiger partial charge in [-0.05, 0) is 30.5 Å². The van der Waals surface area contributed by atoms with Crippen molar-refractivity contribution in [2.45, 2.75) is 18.8 Å². The van der Waals surface area contributed by atoms with Crippen molar-refractivity contribution in [3.05, 3.63) is 71.4 Å². The second-order valence-electron chi connectivity index (χ2n) is 8.67. The Morgan fingerprint density at radius 1 is 0.939 bits per heavy atom. The number of carbonyl (C=O) groups excluding carboxylic acids is 1. The van der Waals surface area contributed by atoms with Crippen molar-refractivity contribution < 1.29 is 9.90 Å². The summed E-state index contributed by atoms with van der Waals surface area (Å²) in [7, 11) is 0. The minimum absolute atomic E-state index is 0.0299. The van der Waals surface area contributed by atoms with Crippen molar-refractivity contribution in [3.8, 4) is 16.9 Å². The second-order valence-corrected chi connectivity index (χ2v) is 9.53. The van der Waals surface area contributed by atoms with Crippen LogP contribution in [0.2, 0.25) is 0 Å². The van der Waals surface area contributed by atoms with Crippen LogP contribution in [0.15, 0.2) is 60.0 Å². The highest BCUT2D eigenvalue weighted by molar-refractivity contribution is 7.17. The monoisotopic (exact) mass is 456 g/mol. The van der Waals surface area contributed by atoms with Gasteiger partial charge >= 0.3 is 0 Å². The number of aromatic hydroxyl groups is 1. The summed E-state index contributed by atoms with van der Waals surface area (Å²) in [5.74, 6) is 2.31. The summed E-state index contributed by atoms with van der Waals surface area (Å²) in [5.41, 5.74) is 2.69. The van der Waals surface area contributed by atoms with Gasteiger partial charge in [-0.15, -0.1) is 11.3 Å². The number of amides is 1. The van der Waals surface area contributed by atoms with Crippen LogP contribution in [0.5, 0.6) is 5.75 Å². The Bertz CT molecular complexity index is 1320. The zero-order chi connectivity index (χ0) is 22.4. The molecule has 2 aromatic carbocycles. The molecule has 33 heavy (non-hydrogen) atoms. The van der Waals surface area contributed by atoms with Crippen molar-refractivity contribution in [2.24, 2.45) is 0 Å². The Labute approximate surface area is 196 Å². The average Bonchev–Trinajstić information content (AvgIpc) is 3.63. The SMILES string of the molecule is O=C(c1ccccc1O)N1CCN(c2nc(C3CC3)nc3scc(-c4ccccc4)c23)CC1. The minimum atomic E-state index is -0.125. The Hall–Kier alpha value is -3.45. The lowest BCUT2D eigenvalue weighted by Crippen LogP contribution is -2.49. The fourth-order valence-corrected chi connectivity index (χ4v) is 5.42. The number of rotatable bonds is 4. The number of hydrogen-bond acceptors (Lipinski definition) is 6. The molecule has 1 N–H and O–H groups in total. The standard InChI is InChI=1S/C26H24N4O2S/c31-21-9-5-4-8-19(21)26(32)30-14-12-29(13-15-30)24-22-20(17-6-2-1-3-7-17)16-33-25(22)28-23(27-24)18-10-11-18/h1-9,16,18,31H,10-15H2. The van der Waals surface area contributed by atoms with Crippen LogP contribution in [0.4, 0.5) is 5.82 Å². The molecule has 0 bridgehead atoms. The Balaban J connectivity index is 1.33. The number of anilines is 1. The molecule has 0 spiro atoms. The highest BCUT2D eigenvalue weighted by atomic mass is 32.1. The topological polar surface area (TPSA) is 69.6 Å². The van der Waals surface area contributed by atoms with Gasteiger partial charge in [0, 0.05) is 43.0 Å². The highest BCUT2D eigenvalue weighted by Gasteiger charge is 2.31. The summed E-state index contributed by atoms with van der Waals surface area (Å²) < 4.78 is 0. The summed E-state index contributed by atoms with van der Waals surface area (Å²) in [5, 5.41) is 13.4. The van der Waals surface area contributed by atoms with E-state index in [1.165, 1.54) is 11.1 Å². The smallest absolute Gasteiger partial charge is 0.257 e. The second kappa shape index (κ2) is 8.15. The normalized spacial score (nSPS) is 16.4. The van der Waals surface area contributed by atoms with Crippen LogP contribution in [0.3, 0.4) is 0 Å². The largest absolute Gasteiger partial charge is 0.507 e. The molecule has 7 heteroatoms. The van der Waals surface area contributed by atoms with Crippen LogP contribution in [0.1, 0.15) is 34.9 Å². The van der Waals surface area contributed by atoms with Crippen molar-refractivity contribution >= 4 is 33.3 Å². The number of phenols is 1. The van der Waals surface area contributed by atoms with Gasteiger partial charge in [-0.3, -0.25) is 4.79 Å². The number of thiophene rings is 1. The molecule has 0 radical (unpaired) electrons. The summed E-state index contributed by atoms with van der Waals surface area (Å²) in [6, 6.07) is 17.1. The molecule has 1 aliphatic carbocycles. The molecule has 2 fully saturated rings. The first kappa shape index (κ1) is 20.2. The summed E-state index contributed by atoms with van der Waals surface area (Å²) in [6.45, 7) is 2.56. The van der Waals surface area contributed by atoms with E-state index in [4.69, 9.17) is 9.97 Å². The molecule has 0 unspecified atom stereocenters. The molecule has 6 rings (SSSR count). The van der Waals surface area contributed by atoms with Crippen LogP contribution in [0, 0.1) is 0 Å². The predicted octanol–water partition coefficient (Wildman–Crippen LogP) is 4.90. The molecule has 1 amide bonds. The molecule has 2 aliphatic rings. The summed E-state index contributed by atoms with van der Waals surface area (Å²) >= 11 is 1.68. The van der Waals surface area contributed by atoms with Crippen molar-refractivity contribution in [1.29, 1.82) is 0 Å². The molecular formula is C26H24N4O2S. The number of carbonyl (C=O) groups is 1. The molecular weight excluding hydrogens is 432 g/mol. The van der Waals surface area contributed by atoms with Gasteiger partial charge in [-0.1, -0.05) is 42.5 Å². The van der Waals surface area contributed by atoms with Gasteiger partial charge in [0.05, 0.1) is 10.9 Å². The van der Waals surface area contributed by atoms with E-state index < -0.39 is 0 Å². The first-order valence-corrected chi connectivity index (χ1v) is 12.2. The number of fused-ring (bicyclic) bond motifs is 1. The number of hydrogen-bond donors (Lipinski definition) is 1. The lowest BCUT2D eigenvalue weighted by atomic mass is 10.1. The molecule has 6 nitrogen and oxygen atoms in total. The number of benzene rings is 2. The van der Waals surface area contributed by atoms with Gasteiger partial charge in [0.15, 0.2) is 0 Å². The third-order valence-corrected chi connectivity index (χ3v) is 7.33. The van der Waals surface area contributed by atoms with Gasteiger partial charge in [-0.25, -0.2) is 9.97 Å². The lowest BCUT2D eigenvalue weighted by Gasteiger charge is -2.36. The summed E-state index contributed by atoms with van der Waals surface area (Å²) in [4.78, 5) is 28.1. The fraction of sp³-hybridized carbons (Fsp3) is 0.269. The number of phenolic OH excluding ortho intramolecular Hbond substituents is 1. The first-order chi connectivity index (χ1) is 16.2. The quantitative estimate of drug-likeness (QED) is 0.473. The van der Waals surface area contributed by atoms with Gasteiger partial charge < -0.3 is 14.9 Å². The van der Waals surface area contributed by atoms with Gasteiger partial charge in [0.1, 0.15) is 22.2 Å². The van der Waals surface area contributed by atoms with Crippen LogP contribution in [-0.4, -0.2) is 52.1 Å². The van der Waals surface area contributed by atoms with Crippen molar-refractivity contribution in [2.75, 3.05) is 31.1 Å². The van der Waals surface area contributed by atoms with Crippen LogP contribution < -0.4 is 4.90 Å². The zero-order valence-corrected chi connectivity index (χ0v) is 19.0. The van der Waals surface area contributed by atoms with E-state index in [9.17, 15) is 9.90 Å². The van der Waals surface area contributed by atoms with E-state index in [1.54, 1.807) is 35.6 Å². The lowest BCUT2D eigenvalue weighted by molar-refractivity contribution is 0.0743. The van der Waals surface area contributed by atoms with Crippen LogP contribution >= 0.6 is 11.3 Å². The Morgan fingerprint density at radius 2 is 1.67 bits per heavy atom. The third kappa shape index (κ3) is 3.72. The number of nitrogens with zero attached hydrogens (tertiary/aromatic N) is 4. The van der Waals surface area contributed by atoms with E-state index in [2.05, 4.69) is 34.5 Å². The van der Waals surface area contributed by atoms with Crippen LogP contribution in [-0.2, 0) is 0 Å². The molecule has 2 aromatic heterocycles. The molecule has 1 aliphatic heterocycles. The average molecular weight is 457 g/mol. The molecule has 166 valence electrons. The van der Waals surface area contributed by atoms with Gasteiger partial charge in [0.2, 0.25) is 0 Å². The number of aromatic nitrogens is 2. The molecule has 1 saturated carbocycles. The van der Waals surface area contributed by atoms with E-state index in [1.807, 2.05) is 11.0 Å². The van der Waals surface area contributed by atoms with E-state index in [-0.39, 0.29) is 11.7 Å². The maximum atomic E-state index is 12.9. The van der Waals surface area contributed by atoms with E-state index >= 15 is 0 Å². The Kier molecular flexibility index (Phi) is 4.99. The highest BCUT2D eigenvalue weighted by Crippen LogP contribution is 2.43. The maximum Gasteiger partial charge on any atom is 0.257 e. The third-order valence-electron chi connectivity index (χ3n) is 6.46.